The van der Waals surface area contributed by atoms with Crippen LogP contribution in [0.15, 0.2) is 24.3 Å². The van der Waals surface area contributed by atoms with Gasteiger partial charge in [0.2, 0.25) is 5.91 Å². The number of rotatable bonds is 15. The molecule has 0 spiro atoms. The summed E-state index contributed by atoms with van der Waals surface area (Å²) in [6.45, 7) is 2.84. The molecule has 28 heavy (non-hydrogen) atoms. The number of hydrogen-bond acceptors (Lipinski definition) is 3. The maximum Gasteiger partial charge on any atom is 0.226 e. The van der Waals surface area contributed by atoms with Crippen LogP contribution < -0.4 is 15.4 Å². The van der Waals surface area contributed by atoms with Crippen molar-refractivity contribution in [1.82, 2.24) is 10.6 Å². The maximum atomic E-state index is 12.0. The first kappa shape index (κ1) is 24.4. The van der Waals surface area contributed by atoms with Gasteiger partial charge >= 0.3 is 0 Å². The Bertz CT molecular complexity index is 546. The standard InChI is InChI=1S/C23H38N2O2S/c1-3-4-5-6-7-8-9-10-11-12-13-14-22(26)25-23(28)24-19-20-15-17-21(27-2)18-16-20/h15-18H,3-14,19H2,1-2H3,(H2,24,25,26,28). The Hall–Kier alpha value is -1.62. The van der Waals surface area contributed by atoms with Crippen molar-refractivity contribution in [3.8, 4) is 5.75 Å². The van der Waals surface area contributed by atoms with Crippen LogP contribution in [0, 0.1) is 0 Å². The number of methoxy groups -OCH3 is 1. The average Bonchev–Trinajstić information content (AvgIpc) is 2.71. The van der Waals surface area contributed by atoms with Gasteiger partial charge in [-0.3, -0.25) is 4.79 Å². The van der Waals surface area contributed by atoms with Crippen molar-refractivity contribution in [2.45, 2.75) is 90.5 Å². The third-order valence-corrected chi connectivity index (χ3v) is 5.12. The fourth-order valence-electron chi connectivity index (χ4n) is 3.11. The van der Waals surface area contributed by atoms with Crippen molar-refractivity contribution >= 4 is 23.2 Å². The minimum absolute atomic E-state index is 0.00292. The van der Waals surface area contributed by atoms with Gasteiger partial charge < -0.3 is 15.4 Å². The summed E-state index contributed by atoms with van der Waals surface area (Å²) >= 11 is 5.20. The molecule has 0 atom stereocenters. The number of amides is 1. The van der Waals surface area contributed by atoms with E-state index in [4.69, 9.17) is 17.0 Å². The van der Waals surface area contributed by atoms with E-state index >= 15 is 0 Å². The van der Waals surface area contributed by atoms with Gasteiger partial charge in [-0.15, -0.1) is 0 Å². The minimum atomic E-state index is 0.00292. The smallest absolute Gasteiger partial charge is 0.226 e. The lowest BCUT2D eigenvalue weighted by Crippen LogP contribution is -2.38. The molecule has 0 heterocycles. The molecule has 0 saturated heterocycles. The summed E-state index contributed by atoms with van der Waals surface area (Å²) in [7, 11) is 1.65. The summed E-state index contributed by atoms with van der Waals surface area (Å²) in [5.74, 6) is 0.828. The molecule has 158 valence electrons. The fourth-order valence-corrected chi connectivity index (χ4v) is 3.29. The van der Waals surface area contributed by atoms with Crippen LogP contribution in [-0.2, 0) is 11.3 Å². The average molecular weight is 407 g/mol. The largest absolute Gasteiger partial charge is 0.497 e. The van der Waals surface area contributed by atoms with Gasteiger partial charge in [-0.2, -0.15) is 0 Å². The lowest BCUT2D eigenvalue weighted by molar-refractivity contribution is -0.119. The fraction of sp³-hybridized carbons (Fsp3) is 0.652. The van der Waals surface area contributed by atoms with E-state index in [1.807, 2.05) is 24.3 Å². The van der Waals surface area contributed by atoms with Crippen LogP contribution in [0.4, 0.5) is 0 Å². The highest BCUT2D eigenvalue weighted by Gasteiger charge is 2.04. The maximum absolute atomic E-state index is 12.0. The Morgan fingerprint density at radius 1 is 0.893 bits per heavy atom. The number of ether oxygens (including phenoxy) is 1. The molecule has 0 fully saturated rings. The van der Waals surface area contributed by atoms with Gasteiger partial charge in [-0.05, 0) is 36.3 Å². The summed E-state index contributed by atoms with van der Waals surface area (Å²) in [6, 6.07) is 7.76. The Kier molecular flexibility index (Phi) is 14.3. The monoisotopic (exact) mass is 406 g/mol. The third kappa shape index (κ3) is 12.7. The minimum Gasteiger partial charge on any atom is -0.497 e. The van der Waals surface area contributed by atoms with Crippen molar-refractivity contribution in [3.63, 3.8) is 0 Å². The van der Waals surface area contributed by atoms with Crippen molar-refractivity contribution in [1.29, 1.82) is 0 Å². The Labute approximate surface area is 176 Å². The molecule has 0 unspecified atom stereocenters. The van der Waals surface area contributed by atoms with E-state index in [2.05, 4.69) is 17.6 Å². The number of thiocarbonyl (C=S) groups is 1. The summed E-state index contributed by atoms with van der Waals surface area (Å²) in [4.78, 5) is 12.0. The molecule has 0 saturated carbocycles. The van der Waals surface area contributed by atoms with Crippen LogP contribution in [0.1, 0.15) is 89.5 Å². The van der Waals surface area contributed by atoms with Crippen molar-refractivity contribution in [2.24, 2.45) is 0 Å². The predicted molar refractivity (Wildman–Crippen MR) is 122 cm³/mol. The van der Waals surface area contributed by atoms with Crippen LogP contribution in [0.3, 0.4) is 0 Å². The lowest BCUT2D eigenvalue weighted by Gasteiger charge is -2.10. The van der Waals surface area contributed by atoms with E-state index in [-0.39, 0.29) is 5.91 Å². The molecule has 1 rings (SSSR count). The summed E-state index contributed by atoms with van der Waals surface area (Å²) < 4.78 is 5.14. The topological polar surface area (TPSA) is 50.4 Å². The Morgan fingerprint density at radius 3 is 1.96 bits per heavy atom. The highest BCUT2D eigenvalue weighted by Crippen LogP contribution is 2.12. The van der Waals surface area contributed by atoms with Crippen molar-refractivity contribution < 1.29 is 9.53 Å². The number of unbranched alkanes of at least 4 members (excludes halogenated alkanes) is 10. The van der Waals surface area contributed by atoms with Gasteiger partial charge in [0.25, 0.3) is 0 Å². The van der Waals surface area contributed by atoms with Gasteiger partial charge in [0.05, 0.1) is 7.11 Å². The molecule has 0 aliphatic carbocycles. The quantitative estimate of drug-likeness (QED) is 0.282. The molecule has 0 aliphatic heterocycles. The van der Waals surface area contributed by atoms with E-state index in [1.54, 1.807) is 7.11 Å². The van der Waals surface area contributed by atoms with Crippen LogP contribution in [0.2, 0.25) is 0 Å². The molecule has 0 radical (unpaired) electrons. The second kappa shape index (κ2) is 16.3. The first-order valence-corrected chi connectivity index (χ1v) is 11.3. The van der Waals surface area contributed by atoms with Gasteiger partial charge in [-0.25, -0.2) is 0 Å². The zero-order chi connectivity index (χ0) is 20.5. The molecular weight excluding hydrogens is 368 g/mol. The summed E-state index contributed by atoms with van der Waals surface area (Å²) in [5.41, 5.74) is 1.09. The van der Waals surface area contributed by atoms with E-state index in [1.165, 1.54) is 57.8 Å². The van der Waals surface area contributed by atoms with Crippen LogP contribution in [0.5, 0.6) is 5.75 Å². The third-order valence-electron chi connectivity index (χ3n) is 4.87. The van der Waals surface area contributed by atoms with Gasteiger partial charge in [-0.1, -0.05) is 83.3 Å². The van der Waals surface area contributed by atoms with E-state index in [0.29, 0.717) is 18.1 Å². The first-order valence-electron chi connectivity index (χ1n) is 10.9. The SMILES string of the molecule is CCCCCCCCCCCCCC(=O)NC(=S)NCc1ccc(OC)cc1. The van der Waals surface area contributed by atoms with E-state index in [0.717, 1.165) is 24.2 Å². The van der Waals surface area contributed by atoms with Crippen LogP contribution in [0.25, 0.3) is 0 Å². The number of hydrogen-bond donors (Lipinski definition) is 2. The molecule has 0 aromatic heterocycles. The summed E-state index contributed by atoms with van der Waals surface area (Å²) in [5, 5.41) is 6.23. The molecule has 5 heteroatoms. The highest BCUT2D eigenvalue weighted by molar-refractivity contribution is 7.80. The lowest BCUT2D eigenvalue weighted by atomic mass is 10.1. The van der Waals surface area contributed by atoms with Crippen LogP contribution in [-0.4, -0.2) is 18.1 Å². The van der Waals surface area contributed by atoms with E-state index in [9.17, 15) is 4.79 Å². The zero-order valence-electron chi connectivity index (χ0n) is 17.7. The zero-order valence-corrected chi connectivity index (χ0v) is 18.5. The van der Waals surface area contributed by atoms with Gasteiger partial charge in [0.1, 0.15) is 5.75 Å². The number of nitrogens with one attached hydrogen (secondary N) is 2. The van der Waals surface area contributed by atoms with Crippen molar-refractivity contribution in [3.05, 3.63) is 29.8 Å². The number of benzene rings is 1. The molecule has 1 amide bonds. The van der Waals surface area contributed by atoms with Gasteiger partial charge in [0, 0.05) is 13.0 Å². The first-order chi connectivity index (χ1) is 13.7. The van der Waals surface area contributed by atoms with Crippen molar-refractivity contribution in [2.75, 3.05) is 7.11 Å². The molecule has 4 nitrogen and oxygen atoms in total. The second-order valence-electron chi connectivity index (χ2n) is 7.36. The van der Waals surface area contributed by atoms with E-state index < -0.39 is 0 Å². The molecule has 1 aromatic carbocycles. The molecule has 0 bridgehead atoms. The molecule has 0 aliphatic rings. The normalized spacial score (nSPS) is 10.5. The van der Waals surface area contributed by atoms with Gasteiger partial charge in [0.15, 0.2) is 5.11 Å². The number of carbonyl (C=O) groups excluding carboxylic acids is 1. The predicted octanol–water partition coefficient (Wildman–Crippen LogP) is 5.89. The Morgan fingerprint density at radius 2 is 1.43 bits per heavy atom. The molecule has 1 aromatic rings. The van der Waals surface area contributed by atoms with Crippen LogP contribution >= 0.6 is 12.2 Å². The Balaban J connectivity index is 1.97. The second-order valence-corrected chi connectivity index (χ2v) is 7.77. The highest BCUT2D eigenvalue weighted by atomic mass is 32.1. The molecular formula is C23H38N2O2S. The number of carbonyl (C=O) groups is 1. The summed E-state index contributed by atoms with van der Waals surface area (Å²) in [6.07, 6.45) is 14.7. The molecule has 2 N–H and O–H groups in total.